The van der Waals surface area contributed by atoms with Crippen LogP contribution in [0, 0.1) is 24.6 Å². The highest BCUT2D eigenvalue weighted by Crippen LogP contribution is 2.21. The molecule has 15 heavy (non-hydrogen) atoms. The van der Waals surface area contributed by atoms with Crippen molar-refractivity contribution >= 4 is 15.9 Å². The molecule has 0 fully saturated rings. The summed E-state index contributed by atoms with van der Waals surface area (Å²) in [5.41, 5.74) is 2.32. The molecule has 84 valence electrons. The Labute approximate surface area is 100 Å². The van der Waals surface area contributed by atoms with Crippen molar-refractivity contribution in [3.05, 3.63) is 35.1 Å². The molecule has 0 aromatic heterocycles. The predicted octanol–water partition coefficient (Wildman–Crippen LogP) is 4.34. The van der Waals surface area contributed by atoms with Crippen molar-refractivity contribution in [2.75, 3.05) is 5.33 Å². The average Bonchev–Trinajstić information content (AvgIpc) is 2.16. The van der Waals surface area contributed by atoms with Gasteiger partial charge < -0.3 is 0 Å². The first-order chi connectivity index (χ1) is 7.04. The zero-order valence-corrected chi connectivity index (χ0v) is 11.1. The molecule has 0 bridgehead atoms. The van der Waals surface area contributed by atoms with Crippen LogP contribution in [-0.2, 0) is 6.42 Å². The summed E-state index contributed by atoms with van der Waals surface area (Å²) in [7, 11) is 0. The van der Waals surface area contributed by atoms with Crippen LogP contribution in [0.3, 0.4) is 0 Å². The molecule has 0 aliphatic rings. The standard InChI is InChI=1S/C13H18BrF/c1-9(2)12(8-14)7-11-4-5-13(15)6-10(11)3/h4-6,9,12H,7-8H2,1-3H3. The topological polar surface area (TPSA) is 0 Å². The smallest absolute Gasteiger partial charge is 0.123 e. The second-order valence-corrected chi connectivity index (χ2v) is 5.08. The maximum absolute atomic E-state index is 12.9. The molecule has 1 atom stereocenters. The van der Waals surface area contributed by atoms with Crippen LogP contribution in [0.25, 0.3) is 0 Å². The normalized spacial score (nSPS) is 13.2. The van der Waals surface area contributed by atoms with E-state index in [2.05, 4.69) is 29.8 Å². The van der Waals surface area contributed by atoms with Gasteiger partial charge in [-0.2, -0.15) is 0 Å². The van der Waals surface area contributed by atoms with Gasteiger partial charge in [-0.15, -0.1) is 0 Å². The Balaban J connectivity index is 2.79. The van der Waals surface area contributed by atoms with Crippen molar-refractivity contribution in [2.24, 2.45) is 11.8 Å². The summed E-state index contributed by atoms with van der Waals surface area (Å²) in [6, 6.07) is 5.07. The first kappa shape index (κ1) is 12.7. The lowest BCUT2D eigenvalue weighted by molar-refractivity contribution is 0.426. The van der Waals surface area contributed by atoms with Gasteiger partial charge in [-0.05, 0) is 48.4 Å². The van der Waals surface area contributed by atoms with E-state index >= 15 is 0 Å². The molecule has 0 spiro atoms. The molecule has 0 radical (unpaired) electrons. The second-order valence-electron chi connectivity index (χ2n) is 4.43. The monoisotopic (exact) mass is 272 g/mol. The maximum Gasteiger partial charge on any atom is 0.123 e. The molecule has 0 saturated carbocycles. The number of aryl methyl sites for hydroxylation is 1. The van der Waals surface area contributed by atoms with E-state index in [0.29, 0.717) is 11.8 Å². The second kappa shape index (κ2) is 5.64. The molecule has 0 aliphatic heterocycles. The van der Waals surface area contributed by atoms with Gasteiger partial charge in [0.2, 0.25) is 0 Å². The van der Waals surface area contributed by atoms with Crippen molar-refractivity contribution < 1.29 is 4.39 Å². The summed E-state index contributed by atoms with van der Waals surface area (Å²) in [6.45, 7) is 6.43. The minimum atomic E-state index is -0.142. The molecule has 0 amide bonds. The highest BCUT2D eigenvalue weighted by molar-refractivity contribution is 9.09. The van der Waals surface area contributed by atoms with Gasteiger partial charge >= 0.3 is 0 Å². The van der Waals surface area contributed by atoms with Crippen LogP contribution in [0.4, 0.5) is 4.39 Å². The fourth-order valence-corrected chi connectivity index (χ4v) is 2.62. The molecule has 0 heterocycles. The maximum atomic E-state index is 12.9. The van der Waals surface area contributed by atoms with E-state index in [1.807, 2.05) is 13.0 Å². The highest BCUT2D eigenvalue weighted by atomic mass is 79.9. The Morgan fingerprint density at radius 2 is 2.00 bits per heavy atom. The first-order valence-corrected chi connectivity index (χ1v) is 6.47. The quantitative estimate of drug-likeness (QED) is 0.716. The van der Waals surface area contributed by atoms with Crippen molar-refractivity contribution in [2.45, 2.75) is 27.2 Å². The van der Waals surface area contributed by atoms with E-state index in [0.717, 1.165) is 17.3 Å². The van der Waals surface area contributed by atoms with Crippen LogP contribution < -0.4 is 0 Å². The summed E-state index contributed by atoms with van der Waals surface area (Å²) in [5.74, 6) is 1.12. The molecular formula is C13H18BrF. The van der Waals surface area contributed by atoms with Gasteiger partial charge in [0, 0.05) is 5.33 Å². The van der Waals surface area contributed by atoms with Gasteiger partial charge in [0.05, 0.1) is 0 Å². The molecule has 1 rings (SSSR count). The highest BCUT2D eigenvalue weighted by Gasteiger charge is 2.13. The lowest BCUT2D eigenvalue weighted by Crippen LogP contribution is -2.14. The van der Waals surface area contributed by atoms with Crippen LogP contribution in [0.1, 0.15) is 25.0 Å². The van der Waals surface area contributed by atoms with Gasteiger partial charge in [-0.3, -0.25) is 0 Å². The van der Waals surface area contributed by atoms with Crippen LogP contribution in [0.15, 0.2) is 18.2 Å². The van der Waals surface area contributed by atoms with Crippen molar-refractivity contribution in [3.63, 3.8) is 0 Å². The molecule has 1 aromatic carbocycles. The van der Waals surface area contributed by atoms with Gasteiger partial charge in [-0.1, -0.05) is 35.8 Å². The Morgan fingerprint density at radius 1 is 1.33 bits per heavy atom. The summed E-state index contributed by atoms with van der Waals surface area (Å²) in [6.07, 6.45) is 1.02. The van der Waals surface area contributed by atoms with Crippen molar-refractivity contribution in [1.82, 2.24) is 0 Å². The number of hydrogen-bond acceptors (Lipinski definition) is 0. The Hall–Kier alpha value is -0.370. The minimum Gasteiger partial charge on any atom is -0.207 e. The molecule has 0 nitrogen and oxygen atoms in total. The van der Waals surface area contributed by atoms with Gasteiger partial charge in [0.25, 0.3) is 0 Å². The third kappa shape index (κ3) is 3.60. The predicted molar refractivity (Wildman–Crippen MR) is 67.0 cm³/mol. The minimum absolute atomic E-state index is 0.142. The number of alkyl halides is 1. The Morgan fingerprint density at radius 3 is 2.47 bits per heavy atom. The van der Waals surface area contributed by atoms with Gasteiger partial charge in [0.1, 0.15) is 5.82 Å². The molecule has 0 N–H and O–H groups in total. The van der Waals surface area contributed by atoms with Crippen LogP contribution in [-0.4, -0.2) is 5.33 Å². The summed E-state index contributed by atoms with van der Waals surface area (Å²) in [4.78, 5) is 0. The summed E-state index contributed by atoms with van der Waals surface area (Å²) >= 11 is 3.54. The third-order valence-corrected chi connectivity index (χ3v) is 3.76. The fraction of sp³-hybridized carbons (Fsp3) is 0.538. The largest absolute Gasteiger partial charge is 0.207 e. The lowest BCUT2D eigenvalue weighted by atomic mass is 9.89. The number of halogens is 2. The Bertz CT molecular complexity index is 320. The molecule has 0 aliphatic carbocycles. The number of rotatable bonds is 4. The van der Waals surface area contributed by atoms with Crippen LogP contribution >= 0.6 is 15.9 Å². The van der Waals surface area contributed by atoms with E-state index < -0.39 is 0 Å². The lowest BCUT2D eigenvalue weighted by Gasteiger charge is -2.19. The van der Waals surface area contributed by atoms with Crippen LogP contribution in [0.2, 0.25) is 0 Å². The van der Waals surface area contributed by atoms with E-state index in [1.54, 1.807) is 12.1 Å². The average molecular weight is 273 g/mol. The molecule has 0 saturated heterocycles. The zero-order valence-electron chi connectivity index (χ0n) is 9.56. The molecule has 2 heteroatoms. The number of benzene rings is 1. The number of hydrogen-bond donors (Lipinski definition) is 0. The zero-order chi connectivity index (χ0) is 11.4. The van der Waals surface area contributed by atoms with Crippen LogP contribution in [0.5, 0.6) is 0 Å². The SMILES string of the molecule is Cc1cc(F)ccc1CC(CBr)C(C)C. The third-order valence-electron chi connectivity index (χ3n) is 2.93. The molecule has 1 unspecified atom stereocenters. The van der Waals surface area contributed by atoms with E-state index in [4.69, 9.17) is 0 Å². The fourth-order valence-electron chi connectivity index (χ4n) is 1.64. The van der Waals surface area contributed by atoms with E-state index in [9.17, 15) is 4.39 Å². The van der Waals surface area contributed by atoms with E-state index in [-0.39, 0.29) is 5.82 Å². The first-order valence-electron chi connectivity index (χ1n) is 5.35. The molecular weight excluding hydrogens is 255 g/mol. The van der Waals surface area contributed by atoms with Gasteiger partial charge in [-0.25, -0.2) is 4.39 Å². The summed E-state index contributed by atoms with van der Waals surface area (Å²) < 4.78 is 12.9. The van der Waals surface area contributed by atoms with Gasteiger partial charge in [0.15, 0.2) is 0 Å². The van der Waals surface area contributed by atoms with Crippen molar-refractivity contribution in [1.29, 1.82) is 0 Å². The summed E-state index contributed by atoms with van der Waals surface area (Å²) in [5, 5.41) is 1.00. The molecule has 1 aromatic rings. The Kier molecular flexibility index (Phi) is 4.78. The van der Waals surface area contributed by atoms with E-state index in [1.165, 1.54) is 5.56 Å². The van der Waals surface area contributed by atoms with Crippen molar-refractivity contribution in [3.8, 4) is 0 Å².